The molecule has 0 bridgehead atoms. The summed E-state index contributed by atoms with van der Waals surface area (Å²) >= 11 is 5.18. The molecular formula is C14H13BrN2OS. The number of ether oxygens (including phenoxy) is 1. The third-order valence-corrected chi connectivity index (χ3v) is 4.51. The van der Waals surface area contributed by atoms with Gasteiger partial charge in [0, 0.05) is 16.6 Å². The first-order valence-electron chi connectivity index (χ1n) is 6.00. The van der Waals surface area contributed by atoms with Crippen LogP contribution in [0.4, 0.5) is 5.69 Å². The minimum absolute atomic E-state index is 0.216. The van der Waals surface area contributed by atoms with Crippen molar-refractivity contribution < 1.29 is 4.74 Å². The Labute approximate surface area is 124 Å². The lowest BCUT2D eigenvalue weighted by Crippen LogP contribution is -2.15. The number of nitrogen functional groups attached to an aromatic ring is 1. The maximum atomic E-state index is 5.91. The summed E-state index contributed by atoms with van der Waals surface area (Å²) in [7, 11) is 0. The van der Waals surface area contributed by atoms with Crippen molar-refractivity contribution in [3.8, 4) is 5.75 Å². The summed E-state index contributed by atoms with van der Waals surface area (Å²) in [5.74, 6) is 1.89. The SMILES string of the molecule is Nc1ccc(SCC2Cc3cc(Br)ccc3O2)nc1. The van der Waals surface area contributed by atoms with Gasteiger partial charge in [0.15, 0.2) is 0 Å². The molecule has 0 radical (unpaired) electrons. The van der Waals surface area contributed by atoms with Crippen LogP contribution in [0.3, 0.4) is 0 Å². The number of nitrogens with zero attached hydrogens (tertiary/aromatic N) is 1. The Morgan fingerprint density at radius 3 is 3.05 bits per heavy atom. The Hall–Kier alpha value is -1.20. The summed E-state index contributed by atoms with van der Waals surface area (Å²) in [6.07, 6.45) is 2.86. The first-order chi connectivity index (χ1) is 9.20. The van der Waals surface area contributed by atoms with Crippen LogP contribution in [0.1, 0.15) is 5.56 Å². The van der Waals surface area contributed by atoms with Gasteiger partial charge in [-0.2, -0.15) is 0 Å². The van der Waals surface area contributed by atoms with E-state index in [0.717, 1.165) is 27.4 Å². The minimum atomic E-state index is 0.216. The van der Waals surface area contributed by atoms with E-state index in [1.807, 2.05) is 24.3 Å². The molecule has 1 aromatic carbocycles. The van der Waals surface area contributed by atoms with E-state index < -0.39 is 0 Å². The fraction of sp³-hybridized carbons (Fsp3) is 0.214. The fourth-order valence-electron chi connectivity index (χ4n) is 2.04. The fourth-order valence-corrected chi connectivity index (χ4v) is 3.28. The molecule has 3 rings (SSSR count). The van der Waals surface area contributed by atoms with Gasteiger partial charge in [0.05, 0.1) is 16.9 Å². The molecule has 2 N–H and O–H groups in total. The lowest BCUT2D eigenvalue weighted by molar-refractivity contribution is 0.259. The molecule has 0 spiro atoms. The lowest BCUT2D eigenvalue weighted by atomic mass is 10.1. The highest BCUT2D eigenvalue weighted by Gasteiger charge is 2.23. The van der Waals surface area contributed by atoms with Gasteiger partial charge < -0.3 is 10.5 Å². The number of nitrogens with two attached hydrogens (primary N) is 1. The van der Waals surface area contributed by atoms with Crippen molar-refractivity contribution in [3.63, 3.8) is 0 Å². The maximum Gasteiger partial charge on any atom is 0.123 e. The molecule has 0 aliphatic carbocycles. The van der Waals surface area contributed by atoms with Gasteiger partial charge in [-0.1, -0.05) is 15.9 Å². The zero-order valence-corrected chi connectivity index (χ0v) is 12.6. The molecule has 2 aromatic rings. The largest absolute Gasteiger partial charge is 0.489 e. The van der Waals surface area contributed by atoms with Crippen molar-refractivity contribution in [2.45, 2.75) is 17.6 Å². The third-order valence-electron chi connectivity index (χ3n) is 2.94. The number of hydrogen-bond acceptors (Lipinski definition) is 4. The van der Waals surface area contributed by atoms with Gasteiger partial charge in [-0.25, -0.2) is 4.98 Å². The highest BCUT2D eigenvalue weighted by molar-refractivity contribution is 9.10. The molecule has 1 aliphatic heterocycles. The number of hydrogen-bond donors (Lipinski definition) is 1. The van der Waals surface area contributed by atoms with Gasteiger partial charge in [-0.05, 0) is 35.9 Å². The van der Waals surface area contributed by atoms with E-state index in [0.29, 0.717) is 5.69 Å². The van der Waals surface area contributed by atoms with Gasteiger partial charge in [0.1, 0.15) is 11.9 Å². The van der Waals surface area contributed by atoms with E-state index in [9.17, 15) is 0 Å². The first-order valence-corrected chi connectivity index (χ1v) is 7.78. The van der Waals surface area contributed by atoms with Crippen molar-refractivity contribution in [1.82, 2.24) is 4.98 Å². The molecule has 0 amide bonds. The number of fused-ring (bicyclic) bond motifs is 1. The van der Waals surface area contributed by atoms with Crippen molar-refractivity contribution in [3.05, 3.63) is 46.6 Å². The molecule has 1 unspecified atom stereocenters. The van der Waals surface area contributed by atoms with Gasteiger partial charge in [0.2, 0.25) is 0 Å². The summed E-state index contributed by atoms with van der Waals surface area (Å²) < 4.78 is 7.01. The van der Waals surface area contributed by atoms with Crippen LogP contribution in [0.2, 0.25) is 0 Å². The van der Waals surface area contributed by atoms with Crippen LogP contribution in [-0.4, -0.2) is 16.8 Å². The molecule has 0 saturated carbocycles. The normalized spacial score (nSPS) is 17.0. The molecule has 0 fully saturated rings. The van der Waals surface area contributed by atoms with Crippen LogP contribution in [0.15, 0.2) is 46.0 Å². The van der Waals surface area contributed by atoms with Crippen molar-refractivity contribution in [1.29, 1.82) is 0 Å². The lowest BCUT2D eigenvalue weighted by Gasteiger charge is -2.09. The summed E-state index contributed by atoms with van der Waals surface area (Å²) in [5, 5.41) is 0.981. The highest BCUT2D eigenvalue weighted by Crippen LogP contribution is 2.33. The van der Waals surface area contributed by atoms with Crippen molar-refractivity contribution >= 4 is 33.4 Å². The zero-order chi connectivity index (χ0) is 13.2. The van der Waals surface area contributed by atoms with E-state index in [4.69, 9.17) is 10.5 Å². The van der Waals surface area contributed by atoms with E-state index in [1.54, 1.807) is 18.0 Å². The third kappa shape index (κ3) is 3.04. The molecule has 0 saturated heterocycles. The van der Waals surface area contributed by atoms with Gasteiger partial charge >= 0.3 is 0 Å². The molecule has 19 heavy (non-hydrogen) atoms. The minimum Gasteiger partial charge on any atom is -0.489 e. The van der Waals surface area contributed by atoms with Gasteiger partial charge in [-0.15, -0.1) is 11.8 Å². The average Bonchev–Trinajstić information content (AvgIpc) is 2.80. The quantitative estimate of drug-likeness (QED) is 0.871. The predicted octanol–water partition coefficient (Wildman–Crippen LogP) is 3.52. The molecule has 5 heteroatoms. The first kappa shape index (κ1) is 12.8. The van der Waals surface area contributed by atoms with Crippen molar-refractivity contribution in [2.75, 3.05) is 11.5 Å². The number of aromatic nitrogens is 1. The molecule has 98 valence electrons. The molecular weight excluding hydrogens is 324 g/mol. The Morgan fingerprint density at radius 1 is 1.37 bits per heavy atom. The van der Waals surface area contributed by atoms with Crippen LogP contribution < -0.4 is 10.5 Å². The summed E-state index contributed by atoms with van der Waals surface area (Å²) in [6.45, 7) is 0. The smallest absolute Gasteiger partial charge is 0.123 e. The van der Waals surface area contributed by atoms with Crippen LogP contribution in [-0.2, 0) is 6.42 Å². The summed E-state index contributed by atoms with van der Waals surface area (Å²) in [6, 6.07) is 9.97. The highest BCUT2D eigenvalue weighted by atomic mass is 79.9. The van der Waals surface area contributed by atoms with Crippen LogP contribution in [0.5, 0.6) is 5.75 Å². The number of rotatable bonds is 3. The second-order valence-electron chi connectivity index (χ2n) is 4.44. The average molecular weight is 337 g/mol. The molecule has 3 nitrogen and oxygen atoms in total. The molecule has 2 heterocycles. The Morgan fingerprint density at radius 2 is 2.26 bits per heavy atom. The Kier molecular flexibility index (Phi) is 3.66. The van der Waals surface area contributed by atoms with Gasteiger partial charge in [-0.3, -0.25) is 0 Å². The summed E-state index contributed by atoms with van der Waals surface area (Å²) in [5.41, 5.74) is 7.58. The topological polar surface area (TPSA) is 48.1 Å². The van der Waals surface area contributed by atoms with Crippen LogP contribution in [0.25, 0.3) is 0 Å². The monoisotopic (exact) mass is 336 g/mol. The Balaban J connectivity index is 1.60. The number of thioether (sulfide) groups is 1. The second kappa shape index (κ2) is 5.43. The number of anilines is 1. The molecule has 1 aliphatic rings. The van der Waals surface area contributed by atoms with E-state index in [1.165, 1.54) is 5.56 Å². The van der Waals surface area contributed by atoms with Crippen molar-refractivity contribution in [2.24, 2.45) is 0 Å². The van der Waals surface area contributed by atoms with Gasteiger partial charge in [0.25, 0.3) is 0 Å². The van der Waals surface area contributed by atoms with E-state index in [2.05, 4.69) is 27.0 Å². The van der Waals surface area contributed by atoms with E-state index in [-0.39, 0.29) is 6.10 Å². The molecule has 1 aromatic heterocycles. The Bertz CT molecular complexity index is 588. The van der Waals surface area contributed by atoms with Crippen LogP contribution >= 0.6 is 27.7 Å². The maximum absolute atomic E-state index is 5.91. The van der Waals surface area contributed by atoms with Crippen LogP contribution in [0, 0.1) is 0 Å². The summed E-state index contributed by atoms with van der Waals surface area (Å²) in [4.78, 5) is 4.28. The standard InChI is InChI=1S/C14H13BrN2OS/c15-10-1-3-13-9(5-10)6-12(18-13)8-19-14-4-2-11(16)7-17-14/h1-5,7,12H,6,8,16H2. The molecule has 1 atom stereocenters. The number of halogens is 1. The second-order valence-corrected chi connectivity index (χ2v) is 6.39. The zero-order valence-electron chi connectivity index (χ0n) is 10.2. The number of pyridine rings is 1. The number of benzene rings is 1. The van der Waals surface area contributed by atoms with E-state index >= 15 is 0 Å². The predicted molar refractivity (Wildman–Crippen MR) is 81.6 cm³/mol.